The van der Waals surface area contributed by atoms with Crippen molar-refractivity contribution in [1.29, 1.82) is 0 Å². The largest absolute Gasteiger partial charge is 0.507 e. The standard InChI is InChI=1S/C10H8O7S2.C7H7NO/c11-8-5-7(18(12,13)14)4-6-2-1-3-9(10(6)8)19(15,16)17;8-7(9)6-4-2-1-3-5-6/h1-5,11H,(H,12,13,14)(H,15,16,17);1-5H,(H2,8,9). The van der Waals surface area contributed by atoms with Crippen LogP contribution in [0.5, 0.6) is 5.75 Å². The Morgan fingerprint density at radius 1 is 0.821 bits per heavy atom. The van der Waals surface area contributed by atoms with Crippen molar-refractivity contribution in [3.63, 3.8) is 0 Å². The van der Waals surface area contributed by atoms with E-state index in [4.69, 9.17) is 14.8 Å². The lowest BCUT2D eigenvalue weighted by atomic mass is 10.1. The van der Waals surface area contributed by atoms with Gasteiger partial charge in [0.2, 0.25) is 5.91 Å². The fourth-order valence-corrected chi connectivity index (χ4v) is 3.58. The van der Waals surface area contributed by atoms with E-state index in [9.17, 15) is 26.7 Å². The Labute approximate surface area is 160 Å². The molecule has 0 bridgehead atoms. The van der Waals surface area contributed by atoms with Crippen LogP contribution >= 0.6 is 0 Å². The maximum Gasteiger partial charge on any atom is 0.295 e. The summed E-state index contributed by atoms with van der Waals surface area (Å²) in [5, 5.41) is 9.53. The normalized spacial score (nSPS) is 11.5. The number of carbonyl (C=O) groups excluding carboxylic acids is 1. The molecule has 0 aliphatic heterocycles. The summed E-state index contributed by atoms with van der Waals surface area (Å²) in [6.45, 7) is 0. The van der Waals surface area contributed by atoms with Crippen LogP contribution in [-0.4, -0.2) is 37.0 Å². The first-order chi connectivity index (χ1) is 12.9. The highest BCUT2D eigenvalue weighted by molar-refractivity contribution is 7.86. The summed E-state index contributed by atoms with van der Waals surface area (Å²) in [6.07, 6.45) is 0. The highest BCUT2D eigenvalue weighted by atomic mass is 32.2. The fraction of sp³-hybridized carbons (Fsp3) is 0. The highest BCUT2D eigenvalue weighted by Crippen LogP contribution is 2.33. The van der Waals surface area contributed by atoms with Crippen LogP contribution in [0.1, 0.15) is 10.4 Å². The van der Waals surface area contributed by atoms with Crippen molar-refractivity contribution in [2.75, 3.05) is 0 Å². The molecule has 3 rings (SSSR count). The SMILES string of the molecule is NC(=O)c1ccccc1.O=S(=O)(O)c1cc(O)c2c(S(=O)(=O)O)cccc2c1. The number of nitrogens with two attached hydrogens (primary N) is 1. The molecule has 5 N–H and O–H groups in total. The van der Waals surface area contributed by atoms with Crippen molar-refractivity contribution in [1.82, 2.24) is 0 Å². The van der Waals surface area contributed by atoms with Crippen LogP contribution in [0.2, 0.25) is 0 Å². The van der Waals surface area contributed by atoms with Gasteiger partial charge in [0.15, 0.2) is 0 Å². The highest BCUT2D eigenvalue weighted by Gasteiger charge is 2.19. The van der Waals surface area contributed by atoms with E-state index in [1.54, 1.807) is 24.3 Å². The van der Waals surface area contributed by atoms with E-state index in [-0.39, 0.29) is 16.7 Å². The lowest BCUT2D eigenvalue weighted by Crippen LogP contribution is -2.09. The molecule has 11 heteroatoms. The van der Waals surface area contributed by atoms with Gasteiger partial charge in [0, 0.05) is 17.0 Å². The van der Waals surface area contributed by atoms with Crippen molar-refractivity contribution in [3.05, 3.63) is 66.2 Å². The molecule has 0 aliphatic rings. The van der Waals surface area contributed by atoms with Crippen molar-refractivity contribution in [2.45, 2.75) is 9.79 Å². The van der Waals surface area contributed by atoms with Gasteiger partial charge in [0.05, 0.1) is 4.90 Å². The Balaban J connectivity index is 0.000000261. The molecule has 0 spiro atoms. The first-order valence-electron chi connectivity index (χ1n) is 7.47. The van der Waals surface area contributed by atoms with E-state index in [0.29, 0.717) is 11.6 Å². The van der Waals surface area contributed by atoms with Gasteiger partial charge in [-0.3, -0.25) is 13.9 Å². The maximum absolute atomic E-state index is 11.2. The van der Waals surface area contributed by atoms with Crippen LogP contribution in [0.15, 0.2) is 70.5 Å². The molecule has 0 atom stereocenters. The number of aromatic hydroxyl groups is 1. The zero-order chi connectivity index (χ0) is 21.1. The first kappa shape index (κ1) is 21.3. The number of fused-ring (bicyclic) bond motifs is 1. The molecule has 0 aromatic heterocycles. The van der Waals surface area contributed by atoms with E-state index in [1.807, 2.05) is 6.07 Å². The lowest BCUT2D eigenvalue weighted by Gasteiger charge is -2.07. The summed E-state index contributed by atoms with van der Waals surface area (Å²) in [6, 6.07) is 14.1. The number of hydrogen-bond donors (Lipinski definition) is 4. The summed E-state index contributed by atoms with van der Waals surface area (Å²) < 4.78 is 62.2. The summed E-state index contributed by atoms with van der Waals surface area (Å²) in [7, 11) is -9.11. The Morgan fingerprint density at radius 3 is 1.89 bits per heavy atom. The molecule has 9 nitrogen and oxygen atoms in total. The molecule has 3 aromatic carbocycles. The molecule has 1 amide bonds. The second-order valence-corrected chi connectivity index (χ2v) is 8.29. The molecule has 28 heavy (non-hydrogen) atoms. The molecular weight excluding hydrogens is 410 g/mol. The zero-order valence-corrected chi connectivity index (χ0v) is 15.7. The molecule has 0 aliphatic carbocycles. The summed E-state index contributed by atoms with van der Waals surface area (Å²) in [5.74, 6) is -1.06. The molecule has 0 radical (unpaired) electrons. The van der Waals surface area contributed by atoms with Crippen LogP contribution in [0.3, 0.4) is 0 Å². The second kappa shape index (κ2) is 7.94. The number of hydrogen-bond acceptors (Lipinski definition) is 6. The molecule has 148 valence electrons. The Hall–Kier alpha value is -2.99. The Bertz CT molecular complexity index is 1240. The van der Waals surface area contributed by atoms with Gasteiger partial charge in [-0.25, -0.2) is 0 Å². The van der Waals surface area contributed by atoms with Crippen molar-refractivity contribution >= 4 is 36.9 Å². The summed E-state index contributed by atoms with van der Waals surface area (Å²) in [5.41, 5.74) is 5.53. The van der Waals surface area contributed by atoms with Gasteiger partial charge in [-0.15, -0.1) is 0 Å². The first-order valence-corrected chi connectivity index (χ1v) is 10.3. The van der Waals surface area contributed by atoms with Crippen molar-refractivity contribution in [2.24, 2.45) is 5.73 Å². The van der Waals surface area contributed by atoms with Gasteiger partial charge in [-0.2, -0.15) is 16.8 Å². The van der Waals surface area contributed by atoms with Crippen LogP contribution in [0.25, 0.3) is 10.8 Å². The molecular formula is C17H15NO8S2. The average Bonchev–Trinajstić information content (AvgIpc) is 2.61. The van der Waals surface area contributed by atoms with Gasteiger partial charge < -0.3 is 10.8 Å². The van der Waals surface area contributed by atoms with E-state index >= 15 is 0 Å². The third-order valence-electron chi connectivity index (χ3n) is 3.53. The van der Waals surface area contributed by atoms with E-state index in [1.165, 1.54) is 12.1 Å². The summed E-state index contributed by atoms with van der Waals surface area (Å²) >= 11 is 0. The monoisotopic (exact) mass is 425 g/mol. The minimum absolute atomic E-state index is 0.0442. The van der Waals surface area contributed by atoms with Gasteiger partial charge in [-0.05, 0) is 29.7 Å². The Kier molecular flexibility index (Phi) is 6.04. The van der Waals surface area contributed by atoms with E-state index < -0.39 is 35.8 Å². The van der Waals surface area contributed by atoms with Crippen LogP contribution in [0.4, 0.5) is 0 Å². The minimum atomic E-state index is -4.57. The van der Waals surface area contributed by atoms with Crippen molar-refractivity contribution < 1.29 is 35.8 Å². The number of phenols is 1. The van der Waals surface area contributed by atoms with Gasteiger partial charge >= 0.3 is 0 Å². The van der Waals surface area contributed by atoms with E-state index in [0.717, 1.165) is 12.1 Å². The Morgan fingerprint density at radius 2 is 1.43 bits per heavy atom. The molecule has 0 unspecified atom stereocenters. The third kappa shape index (κ3) is 5.04. The van der Waals surface area contributed by atoms with Gasteiger partial charge in [0.1, 0.15) is 10.6 Å². The number of rotatable bonds is 3. The maximum atomic E-state index is 11.2. The fourth-order valence-electron chi connectivity index (χ4n) is 2.31. The lowest BCUT2D eigenvalue weighted by molar-refractivity contribution is 0.1000. The predicted molar refractivity (Wildman–Crippen MR) is 100 cm³/mol. The van der Waals surface area contributed by atoms with Crippen LogP contribution in [0, 0.1) is 0 Å². The number of carbonyl (C=O) groups is 1. The minimum Gasteiger partial charge on any atom is -0.507 e. The number of primary amides is 1. The quantitative estimate of drug-likeness (QED) is 0.460. The van der Waals surface area contributed by atoms with Crippen molar-refractivity contribution in [3.8, 4) is 5.75 Å². The van der Waals surface area contributed by atoms with Crippen LogP contribution < -0.4 is 5.73 Å². The third-order valence-corrected chi connectivity index (χ3v) is 5.25. The zero-order valence-electron chi connectivity index (χ0n) is 14.1. The molecule has 0 fully saturated rings. The topological polar surface area (TPSA) is 172 Å². The molecule has 3 aromatic rings. The summed E-state index contributed by atoms with van der Waals surface area (Å²) in [4.78, 5) is 9.29. The number of benzene rings is 3. The van der Waals surface area contributed by atoms with Gasteiger partial charge in [-0.1, -0.05) is 30.3 Å². The predicted octanol–water partition coefficient (Wildman–Crippen LogP) is 1.82. The number of amides is 1. The second-order valence-electron chi connectivity index (χ2n) is 5.48. The van der Waals surface area contributed by atoms with Crippen LogP contribution in [-0.2, 0) is 20.2 Å². The number of phenolic OH excluding ortho intramolecular Hbond substituents is 1. The molecule has 0 saturated heterocycles. The smallest absolute Gasteiger partial charge is 0.295 e. The average molecular weight is 425 g/mol. The van der Waals surface area contributed by atoms with Gasteiger partial charge in [0.25, 0.3) is 20.2 Å². The molecule has 0 saturated carbocycles. The molecule has 0 heterocycles. The van der Waals surface area contributed by atoms with E-state index in [2.05, 4.69) is 0 Å².